The summed E-state index contributed by atoms with van der Waals surface area (Å²) >= 11 is 0. The van der Waals surface area contributed by atoms with E-state index in [1.165, 1.54) is 38.2 Å². The molecule has 0 atom stereocenters. The van der Waals surface area contributed by atoms with Crippen molar-refractivity contribution in [3.05, 3.63) is 65.2 Å². The lowest BCUT2D eigenvalue weighted by Gasteiger charge is -2.17. The summed E-state index contributed by atoms with van der Waals surface area (Å²) in [4.78, 5) is 23.6. The van der Waals surface area contributed by atoms with Gasteiger partial charge in [0.2, 0.25) is 15.9 Å². The first-order valence-corrected chi connectivity index (χ1v) is 10.7. The highest BCUT2D eigenvalue weighted by atomic mass is 32.2. The second kappa shape index (κ2) is 10.3. The van der Waals surface area contributed by atoms with Crippen LogP contribution in [-0.4, -0.2) is 44.6 Å². The lowest BCUT2D eigenvalue weighted by molar-refractivity contribution is -0.121. The predicted molar refractivity (Wildman–Crippen MR) is 110 cm³/mol. The van der Waals surface area contributed by atoms with Crippen molar-refractivity contribution in [2.75, 3.05) is 20.2 Å². The van der Waals surface area contributed by atoms with Gasteiger partial charge in [0.15, 0.2) is 5.78 Å². The van der Waals surface area contributed by atoms with E-state index >= 15 is 0 Å². The van der Waals surface area contributed by atoms with Crippen molar-refractivity contribution in [1.29, 1.82) is 0 Å². The minimum Gasteiger partial charge on any atom is -0.377 e. The number of carbonyl (C=O) groups is 2. The maximum Gasteiger partial charge on any atom is 0.243 e. The molecule has 29 heavy (non-hydrogen) atoms. The molecule has 0 aromatic heterocycles. The number of Topliss-reactive ketones (excluding diaryl/α,β-unsaturated/α-hetero) is 1. The van der Waals surface area contributed by atoms with Gasteiger partial charge in [0.05, 0.1) is 18.0 Å². The molecule has 0 heterocycles. The van der Waals surface area contributed by atoms with Gasteiger partial charge in [-0.1, -0.05) is 36.4 Å². The van der Waals surface area contributed by atoms with Crippen LogP contribution in [0.3, 0.4) is 0 Å². The smallest absolute Gasteiger partial charge is 0.243 e. The largest absolute Gasteiger partial charge is 0.377 e. The fraction of sp³-hybridized carbons (Fsp3) is 0.333. The first-order chi connectivity index (χ1) is 13.8. The SMILES string of the molecule is CCOCc1ccccc1CNC(=O)CN(C)S(=O)(=O)c1ccc(C(C)=O)cc1. The van der Waals surface area contributed by atoms with E-state index in [-0.39, 0.29) is 23.8 Å². The topological polar surface area (TPSA) is 92.8 Å². The molecule has 0 spiro atoms. The van der Waals surface area contributed by atoms with E-state index < -0.39 is 15.9 Å². The van der Waals surface area contributed by atoms with Gasteiger partial charge in [-0.25, -0.2) is 8.42 Å². The Morgan fingerprint density at radius 3 is 2.24 bits per heavy atom. The second-order valence-electron chi connectivity index (χ2n) is 6.52. The molecule has 0 bridgehead atoms. The van der Waals surface area contributed by atoms with Crippen molar-refractivity contribution in [1.82, 2.24) is 9.62 Å². The van der Waals surface area contributed by atoms with Crippen LogP contribution in [0, 0.1) is 0 Å². The van der Waals surface area contributed by atoms with Gasteiger partial charge in [0, 0.05) is 25.8 Å². The lowest BCUT2D eigenvalue weighted by Crippen LogP contribution is -2.38. The van der Waals surface area contributed by atoms with Gasteiger partial charge in [-0.2, -0.15) is 4.31 Å². The molecule has 1 amide bonds. The van der Waals surface area contributed by atoms with Crippen LogP contribution in [0.5, 0.6) is 0 Å². The maximum absolute atomic E-state index is 12.6. The highest BCUT2D eigenvalue weighted by molar-refractivity contribution is 7.89. The number of ketones is 1. The van der Waals surface area contributed by atoms with E-state index in [2.05, 4.69) is 5.32 Å². The van der Waals surface area contributed by atoms with Gasteiger partial charge < -0.3 is 10.1 Å². The molecule has 0 radical (unpaired) electrons. The minimum absolute atomic E-state index is 0.0276. The molecule has 2 aromatic carbocycles. The number of nitrogens with one attached hydrogen (secondary N) is 1. The van der Waals surface area contributed by atoms with Gasteiger partial charge in [0.1, 0.15) is 0 Å². The fourth-order valence-corrected chi connectivity index (χ4v) is 3.79. The number of amides is 1. The van der Waals surface area contributed by atoms with Crippen LogP contribution in [0.1, 0.15) is 35.3 Å². The Balaban J connectivity index is 1.99. The van der Waals surface area contributed by atoms with E-state index in [1.54, 1.807) is 0 Å². The highest BCUT2D eigenvalue weighted by Crippen LogP contribution is 2.15. The van der Waals surface area contributed by atoms with Gasteiger partial charge in [-0.15, -0.1) is 0 Å². The van der Waals surface area contributed by atoms with E-state index in [0.717, 1.165) is 15.4 Å². The summed E-state index contributed by atoms with van der Waals surface area (Å²) < 4.78 is 31.7. The molecule has 156 valence electrons. The van der Waals surface area contributed by atoms with Gasteiger partial charge in [-0.3, -0.25) is 9.59 Å². The van der Waals surface area contributed by atoms with Crippen molar-refractivity contribution in [3.63, 3.8) is 0 Å². The second-order valence-corrected chi connectivity index (χ2v) is 8.57. The van der Waals surface area contributed by atoms with E-state index in [9.17, 15) is 18.0 Å². The molecule has 7 nitrogen and oxygen atoms in total. The molecule has 0 saturated carbocycles. The molecule has 0 aliphatic heterocycles. The number of likely N-dealkylation sites (N-methyl/N-ethyl adjacent to an activating group) is 1. The number of sulfonamides is 1. The van der Waals surface area contributed by atoms with E-state index in [1.807, 2.05) is 31.2 Å². The Morgan fingerprint density at radius 2 is 1.66 bits per heavy atom. The normalized spacial score (nSPS) is 11.4. The Hall–Kier alpha value is -2.55. The molecule has 2 rings (SSSR count). The van der Waals surface area contributed by atoms with Crippen molar-refractivity contribution < 1.29 is 22.7 Å². The van der Waals surface area contributed by atoms with Crippen LogP contribution in [0.2, 0.25) is 0 Å². The quantitative estimate of drug-likeness (QED) is 0.598. The average molecular weight is 419 g/mol. The first-order valence-electron chi connectivity index (χ1n) is 9.24. The molecule has 0 aliphatic rings. The third-order valence-electron chi connectivity index (χ3n) is 4.39. The Kier molecular flexibility index (Phi) is 8.07. The number of hydrogen-bond donors (Lipinski definition) is 1. The van der Waals surface area contributed by atoms with Gasteiger partial charge in [0.25, 0.3) is 0 Å². The molecule has 0 unspecified atom stereocenters. The summed E-state index contributed by atoms with van der Waals surface area (Å²) in [5.41, 5.74) is 2.32. The molecule has 0 fully saturated rings. The maximum atomic E-state index is 12.6. The van der Waals surface area contributed by atoms with Crippen LogP contribution in [0.4, 0.5) is 0 Å². The minimum atomic E-state index is -3.84. The Bertz CT molecular complexity index is 955. The van der Waals surface area contributed by atoms with Crippen LogP contribution in [0.15, 0.2) is 53.4 Å². The molecule has 0 aliphatic carbocycles. The average Bonchev–Trinajstić information content (AvgIpc) is 2.71. The van der Waals surface area contributed by atoms with E-state index in [4.69, 9.17) is 4.74 Å². The summed E-state index contributed by atoms with van der Waals surface area (Å²) in [5, 5.41) is 2.75. The molecular formula is C21H26N2O5S. The number of hydrogen-bond acceptors (Lipinski definition) is 5. The third-order valence-corrected chi connectivity index (χ3v) is 6.21. The molecule has 8 heteroatoms. The monoisotopic (exact) mass is 418 g/mol. The van der Waals surface area contributed by atoms with Crippen LogP contribution < -0.4 is 5.32 Å². The first kappa shape index (κ1) is 22.7. The Labute approximate surface area is 171 Å². The number of rotatable bonds is 10. The van der Waals surface area contributed by atoms with Crippen molar-refractivity contribution in [3.8, 4) is 0 Å². The van der Waals surface area contributed by atoms with Crippen LogP contribution in [0.25, 0.3) is 0 Å². The number of carbonyl (C=O) groups excluding carboxylic acids is 2. The highest BCUT2D eigenvalue weighted by Gasteiger charge is 2.23. The number of benzene rings is 2. The molecular weight excluding hydrogens is 392 g/mol. The fourth-order valence-electron chi connectivity index (χ4n) is 2.66. The molecule has 0 saturated heterocycles. The third kappa shape index (κ3) is 6.22. The summed E-state index contributed by atoms with van der Waals surface area (Å²) in [6.45, 7) is 4.33. The van der Waals surface area contributed by atoms with Gasteiger partial charge >= 0.3 is 0 Å². The van der Waals surface area contributed by atoms with E-state index in [0.29, 0.717) is 18.8 Å². The van der Waals surface area contributed by atoms with Gasteiger partial charge in [-0.05, 0) is 37.1 Å². The van der Waals surface area contributed by atoms with Crippen molar-refractivity contribution >= 4 is 21.7 Å². The van der Waals surface area contributed by atoms with Crippen LogP contribution >= 0.6 is 0 Å². The summed E-state index contributed by atoms with van der Waals surface area (Å²) in [5.74, 6) is -0.561. The van der Waals surface area contributed by atoms with Crippen molar-refractivity contribution in [2.24, 2.45) is 0 Å². The van der Waals surface area contributed by atoms with Crippen LogP contribution in [-0.2, 0) is 32.7 Å². The zero-order chi connectivity index (χ0) is 21.4. The molecule has 1 N–H and O–H groups in total. The lowest BCUT2D eigenvalue weighted by atomic mass is 10.1. The zero-order valence-electron chi connectivity index (χ0n) is 16.8. The number of ether oxygens (including phenoxy) is 1. The summed E-state index contributed by atoms with van der Waals surface area (Å²) in [6, 6.07) is 13.2. The summed E-state index contributed by atoms with van der Waals surface area (Å²) in [7, 11) is -2.49. The number of nitrogens with zero attached hydrogens (tertiary/aromatic N) is 1. The van der Waals surface area contributed by atoms with Crippen molar-refractivity contribution in [2.45, 2.75) is 31.9 Å². The predicted octanol–water partition coefficient (Wildman–Crippen LogP) is 2.36. The standard InChI is InChI=1S/C21H26N2O5S/c1-4-28-15-19-8-6-5-7-18(19)13-22-21(25)14-23(3)29(26,27)20-11-9-17(10-12-20)16(2)24/h5-12H,4,13-15H2,1-3H3,(H,22,25). The molecule has 2 aromatic rings. The zero-order valence-corrected chi connectivity index (χ0v) is 17.7. The Morgan fingerprint density at radius 1 is 1.03 bits per heavy atom. The summed E-state index contributed by atoms with van der Waals surface area (Å²) in [6.07, 6.45) is 0.